The van der Waals surface area contributed by atoms with Crippen molar-refractivity contribution in [1.29, 1.82) is 0 Å². The van der Waals surface area contributed by atoms with E-state index in [0.717, 1.165) is 5.56 Å². The highest BCUT2D eigenvalue weighted by Gasteiger charge is 2.35. The molecule has 7 nitrogen and oxygen atoms in total. The molecule has 2 aromatic carbocycles. The lowest BCUT2D eigenvalue weighted by Gasteiger charge is -2.36. The molecule has 2 aromatic rings. The number of carbonyl (C=O) groups is 3. The largest absolute Gasteiger partial charge is 0.497 e. The lowest BCUT2D eigenvalue weighted by molar-refractivity contribution is -0.125. The van der Waals surface area contributed by atoms with Gasteiger partial charge in [-0.15, -0.1) is 0 Å². The van der Waals surface area contributed by atoms with Gasteiger partial charge in [-0.25, -0.2) is 0 Å². The van der Waals surface area contributed by atoms with E-state index in [2.05, 4.69) is 10.6 Å². The maximum atomic E-state index is 13.3. The molecule has 0 spiro atoms. The van der Waals surface area contributed by atoms with E-state index in [9.17, 15) is 14.4 Å². The smallest absolute Gasteiger partial charge is 0.253 e. The quantitative estimate of drug-likeness (QED) is 0.603. The predicted molar refractivity (Wildman–Crippen MR) is 136 cm³/mol. The van der Waals surface area contributed by atoms with Crippen LogP contribution in [-0.2, 0) is 4.79 Å². The van der Waals surface area contributed by atoms with Crippen molar-refractivity contribution in [2.24, 2.45) is 11.8 Å². The number of nitrogens with zero attached hydrogens (tertiary/aromatic N) is 1. The molecule has 0 aromatic heterocycles. The van der Waals surface area contributed by atoms with Crippen molar-refractivity contribution >= 4 is 17.7 Å². The molecule has 3 rings (SSSR count). The zero-order valence-corrected chi connectivity index (χ0v) is 21.3. The van der Waals surface area contributed by atoms with Crippen LogP contribution in [0, 0.1) is 18.8 Å². The fraction of sp³-hybridized carbons (Fsp3) is 0.464. The van der Waals surface area contributed by atoms with Gasteiger partial charge in [0, 0.05) is 30.3 Å². The Hall–Kier alpha value is -3.35. The topological polar surface area (TPSA) is 87.7 Å². The molecule has 1 fully saturated rings. The third-order valence-electron chi connectivity index (χ3n) is 6.89. The van der Waals surface area contributed by atoms with Gasteiger partial charge in [-0.1, -0.05) is 31.5 Å². The second kappa shape index (κ2) is 11.9. The summed E-state index contributed by atoms with van der Waals surface area (Å²) in [5.41, 5.74) is 2.24. The van der Waals surface area contributed by atoms with Crippen LogP contribution in [0.1, 0.15) is 59.9 Å². The highest BCUT2D eigenvalue weighted by molar-refractivity contribution is 5.98. The molecule has 0 bridgehead atoms. The minimum absolute atomic E-state index is 0.000139. The first-order valence-electron chi connectivity index (χ1n) is 12.3. The second-order valence-corrected chi connectivity index (χ2v) is 9.72. The molecule has 2 N–H and O–H groups in total. The van der Waals surface area contributed by atoms with Crippen molar-refractivity contribution in [3.8, 4) is 5.75 Å². The number of methoxy groups -OCH3 is 1. The molecule has 1 saturated heterocycles. The summed E-state index contributed by atoms with van der Waals surface area (Å²) in [6, 6.07) is 13.7. The van der Waals surface area contributed by atoms with Crippen LogP contribution < -0.4 is 15.4 Å². The number of benzene rings is 2. The number of carbonyl (C=O) groups excluding carboxylic acids is 3. The average Bonchev–Trinajstić information content (AvgIpc) is 2.87. The summed E-state index contributed by atoms with van der Waals surface area (Å²) in [6.45, 7) is 9.13. The van der Waals surface area contributed by atoms with E-state index >= 15 is 0 Å². The molecule has 0 aliphatic carbocycles. The normalized spacial score (nSPS) is 15.9. The fourth-order valence-corrected chi connectivity index (χ4v) is 4.16. The third kappa shape index (κ3) is 6.84. The van der Waals surface area contributed by atoms with Crippen LogP contribution in [0.3, 0.4) is 0 Å². The maximum Gasteiger partial charge on any atom is 0.253 e. The van der Waals surface area contributed by atoms with Crippen LogP contribution in [0.2, 0.25) is 0 Å². The highest BCUT2D eigenvalue weighted by atomic mass is 16.5. The van der Waals surface area contributed by atoms with Crippen LogP contribution in [0.4, 0.5) is 0 Å². The zero-order chi connectivity index (χ0) is 25.5. The molecule has 35 heavy (non-hydrogen) atoms. The molecule has 1 aliphatic heterocycles. The summed E-state index contributed by atoms with van der Waals surface area (Å²) in [7, 11) is 1.57. The van der Waals surface area contributed by atoms with E-state index in [1.807, 2.05) is 56.9 Å². The molecule has 1 heterocycles. The van der Waals surface area contributed by atoms with Gasteiger partial charge in [0.1, 0.15) is 11.8 Å². The Morgan fingerprint density at radius 3 is 2.00 bits per heavy atom. The average molecular weight is 480 g/mol. The number of hydrogen-bond acceptors (Lipinski definition) is 4. The van der Waals surface area contributed by atoms with Crippen LogP contribution in [-0.4, -0.2) is 54.9 Å². The van der Waals surface area contributed by atoms with Crippen molar-refractivity contribution in [1.82, 2.24) is 15.5 Å². The van der Waals surface area contributed by atoms with E-state index in [1.165, 1.54) is 0 Å². The molecule has 1 aliphatic rings. The Kier molecular flexibility index (Phi) is 8.90. The molecule has 0 saturated carbocycles. The Morgan fingerprint density at radius 1 is 0.886 bits per heavy atom. The Labute approximate surface area is 208 Å². The Morgan fingerprint density at radius 2 is 1.46 bits per heavy atom. The van der Waals surface area contributed by atoms with Gasteiger partial charge in [0.2, 0.25) is 5.91 Å². The van der Waals surface area contributed by atoms with Crippen LogP contribution in [0.25, 0.3) is 0 Å². The van der Waals surface area contributed by atoms with E-state index in [1.54, 1.807) is 31.4 Å². The van der Waals surface area contributed by atoms with E-state index in [-0.39, 0.29) is 35.6 Å². The second-order valence-electron chi connectivity index (χ2n) is 9.72. The molecular formula is C28H37N3O4. The molecule has 7 heteroatoms. The van der Waals surface area contributed by atoms with Crippen molar-refractivity contribution in [3.63, 3.8) is 0 Å². The number of rotatable bonds is 8. The summed E-state index contributed by atoms with van der Waals surface area (Å²) < 4.78 is 5.17. The minimum atomic E-state index is -0.678. The van der Waals surface area contributed by atoms with Gasteiger partial charge < -0.3 is 20.3 Å². The molecule has 3 amide bonds. The van der Waals surface area contributed by atoms with Crippen LogP contribution >= 0.6 is 0 Å². The van der Waals surface area contributed by atoms with Crippen molar-refractivity contribution in [2.75, 3.05) is 20.2 Å². The standard InChI is InChI=1S/C28H37N3O4/c1-18(2)20(4)29-27(33)25(30-26(32)22-10-12-24(35-5)13-11-22)21-14-16-31(17-15-21)28(34)23-8-6-19(3)7-9-23/h6-13,18,20-21,25H,14-17H2,1-5H3,(H,29,33)(H,30,32). The van der Waals surface area contributed by atoms with Gasteiger partial charge in [-0.2, -0.15) is 0 Å². The number of hydrogen-bond donors (Lipinski definition) is 2. The van der Waals surface area contributed by atoms with Crippen LogP contribution in [0.15, 0.2) is 48.5 Å². The number of amides is 3. The number of piperidine rings is 1. The van der Waals surface area contributed by atoms with Crippen molar-refractivity contribution in [2.45, 2.75) is 52.6 Å². The monoisotopic (exact) mass is 479 g/mol. The van der Waals surface area contributed by atoms with Crippen molar-refractivity contribution in [3.05, 3.63) is 65.2 Å². The molecule has 2 atom stereocenters. The van der Waals surface area contributed by atoms with Gasteiger partial charge in [0.15, 0.2) is 0 Å². The van der Waals surface area contributed by atoms with E-state index in [4.69, 9.17) is 4.74 Å². The lowest BCUT2D eigenvalue weighted by atomic mass is 9.87. The summed E-state index contributed by atoms with van der Waals surface area (Å²) in [6.07, 6.45) is 1.27. The molecular weight excluding hydrogens is 442 g/mol. The van der Waals surface area contributed by atoms with Crippen LogP contribution in [0.5, 0.6) is 5.75 Å². The van der Waals surface area contributed by atoms with E-state index in [0.29, 0.717) is 42.8 Å². The highest BCUT2D eigenvalue weighted by Crippen LogP contribution is 2.24. The number of ether oxygens (including phenoxy) is 1. The zero-order valence-electron chi connectivity index (χ0n) is 21.3. The van der Waals surface area contributed by atoms with Gasteiger partial charge in [-0.05, 0) is 74.9 Å². The predicted octanol–water partition coefficient (Wildman–Crippen LogP) is 3.82. The summed E-state index contributed by atoms with van der Waals surface area (Å²) in [5.74, 6) is 0.372. The summed E-state index contributed by atoms with van der Waals surface area (Å²) in [5, 5.41) is 6.03. The van der Waals surface area contributed by atoms with Gasteiger partial charge >= 0.3 is 0 Å². The number of aryl methyl sites for hydroxylation is 1. The van der Waals surface area contributed by atoms with Gasteiger partial charge in [0.25, 0.3) is 11.8 Å². The SMILES string of the molecule is COc1ccc(C(=O)NC(C(=O)NC(C)C(C)C)C2CCN(C(=O)c3ccc(C)cc3)CC2)cc1. The first-order valence-corrected chi connectivity index (χ1v) is 12.3. The van der Waals surface area contributed by atoms with Crippen molar-refractivity contribution < 1.29 is 19.1 Å². The van der Waals surface area contributed by atoms with Gasteiger partial charge in [-0.3, -0.25) is 14.4 Å². The first kappa shape index (κ1) is 26.3. The summed E-state index contributed by atoms with van der Waals surface area (Å²) in [4.78, 5) is 41.0. The van der Waals surface area contributed by atoms with Gasteiger partial charge in [0.05, 0.1) is 7.11 Å². The number of nitrogens with one attached hydrogen (secondary N) is 2. The van der Waals surface area contributed by atoms with E-state index < -0.39 is 6.04 Å². The molecule has 188 valence electrons. The molecule has 2 unspecified atom stereocenters. The fourth-order valence-electron chi connectivity index (χ4n) is 4.16. The minimum Gasteiger partial charge on any atom is -0.497 e. The third-order valence-corrected chi connectivity index (χ3v) is 6.89. The first-order chi connectivity index (χ1) is 16.7. The number of likely N-dealkylation sites (tertiary alicyclic amines) is 1. The molecule has 0 radical (unpaired) electrons. The Balaban J connectivity index is 1.71. The Bertz CT molecular complexity index is 1010. The lowest BCUT2D eigenvalue weighted by Crippen LogP contribution is -2.55. The summed E-state index contributed by atoms with van der Waals surface area (Å²) >= 11 is 0. The maximum absolute atomic E-state index is 13.3.